The fraction of sp³-hybridized carbons (Fsp3) is 0.542. The molecule has 30 heteroatoms. The van der Waals surface area contributed by atoms with Crippen molar-refractivity contribution in [2.75, 3.05) is 31.8 Å². The smallest absolute Gasteiger partial charge is 0.350 e. The molecular weight excluding hydrogens is 1360 g/mol. The van der Waals surface area contributed by atoms with Crippen LogP contribution in [0.4, 0.5) is 0 Å². The van der Waals surface area contributed by atoms with Gasteiger partial charge >= 0.3 is 29.8 Å². The molecule has 5 aliphatic rings. The number of ketones is 1. The summed E-state index contributed by atoms with van der Waals surface area (Å²) in [4.78, 5) is 168. The van der Waals surface area contributed by atoms with Gasteiger partial charge in [-0.15, -0.1) is 0 Å². The molecule has 102 heavy (non-hydrogen) atoms. The van der Waals surface area contributed by atoms with Crippen molar-refractivity contribution >= 4 is 98.5 Å². The number of nitrogens with two attached hydrogens (primary N) is 1. The topological polar surface area (TPSA) is 423 Å². The summed E-state index contributed by atoms with van der Waals surface area (Å²) in [5.41, 5.74) is 0.910. The van der Waals surface area contributed by atoms with Crippen LogP contribution in [-0.2, 0) is 87.6 Å². The lowest BCUT2D eigenvalue weighted by atomic mass is 9.51. The van der Waals surface area contributed by atoms with Crippen LogP contribution in [0.3, 0.4) is 0 Å². The zero-order valence-electron chi connectivity index (χ0n) is 58.3. The average Bonchev–Trinajstić information content (AvgIpc) is 1.28. The fourth-order valence-corrected chi connectivity index (χ4v) is 17.3. The molecule has 552 valence electrons. The summed E-state index contributed by atoms with van der Waals surface area (Å²) in [7, 11) is 3.73. The van der Waals surface area contributed by atoms with Crippen molar-refractivity contribution in [1.29, 1.82) is 5.41 Å². The van der Waals surface area contributed by atoms with Gasteiger partial charge in [-0.25, -0.2) is 9.59 Å². The number of nitrogens with one attached hydrogen (secondary N) is 7. The second-order valence-electron chi connectivity index (χ2n) is 27.3. The summed E-state index contributed by atoms with van der Waals surface area (Å²) >= 11 is 0. The van der Waals surface area contributed by atoms with Crippen LogP contribution < -0.4 is 37.6 Å². The summed E-state index contributed by atoms with van der Waals surface area (Å²) in [6, 6.07) is 17.6. The number of amidine groups is 1. The Kier molecular flexibility index (Phi) is 26.7. The van der Waals surface area contributed by atoms with E-state index in [4.69, 9.17) is 39.6 Å². The maximum Gasteiger partial charge on any atom is 0.350 e. The van der Waals surface area contributed by atoms with Gasteiger partial charge in [0.05, 0.1) is 54.0 Å². The lowest BCUT2D eigenvalue weighted by Crippen LogP contribution is -2.77. The van der Waals surface area contributed by atoms with Gasteiger partial charge in [0, 0.05) is 82.3 Å². The third-order valence-electron chi connectivity index (χ3n) is 20.1. The fourth-order valence-electron chi connectivity index (χ4n) is 15.0. The number of benzene rings is 3. The minimum atomic E-state index is -2.01. The number of hydrogen-bond donors (Lipinski definition) is 10. The monoisotopic (exact) mass is 1450 g/mol. The predicted molar refractivity (Wildman–Crippen MR) is 372 cm³/mol. The number of aliphatic hydroxyl groups is 1. The highest BCUT2D eigenvalue weighted by molar-refractivity contribution is 8.76. The number of methoxy groups -OCH3 is 1. The number of rotatable bonds is 26. The van der Waals surface area contributed by atoms with Crippen LogP contribution in [0.5, 0.6) is 0 Å². The van der Waals surface area contributed by atoms with E-state index in [-0.39, 0.29) is 80.9 Å². The van der Waals surface area contributed by atoms with Crippen LogP contribution in [0.15, 0.2) is 102 Å². The van der Waals surface area contributed by atoms with Gasteiger partial charge in [0.25, 0.3) is 0 Å². The van der Waals surface area contributed by atoms with Crippen molar-refractivity contribution in [2.45, 2.75) is 191 Å². The Hall–Kier alpha value is -8.71. The lowest BCUT2D eigenvalue weighted by molar-refractivity contribution is -0.333. The minimum Gasteiger partial charge on any atom is -0.481 e. The first kappa shape index (κ1) is 79.0. The highest BCUT2D eigenvalue weighted by Gasteiger charge is 2.74. The Labute approximate surface area is 599 Å². The first-order valence-electron chi connectivity index (χ1n) is 33.9. The first-order chi connectivity index (χ1) is 48.3. The average molecular weight is 1450 g/mol. The number of hydrogen-bond acceptors (Lipinski definition) is 22. The van der Waals surface area contributed by atoms with Crippen molar-refractivity contribution < 1.29 is 96.2 Å². The quantitative estimate of drug-likeness (QED) is 0.0102. The number of fused-ring (bicyclic) bond motifs is 5. The SMILES string of the molecule is CO[C@H]1C[C@H]2OC[C@@]2(OC(C)=O)[C@H]2[C@H](OC(=O)c3ccccc3)C[C@]3(O)C[C@H](OC(=O)[C@H](OC(=O)CCCSSC[C@@H]4NC(=O)[C@@H](Cc5ccccc5)NC(=O)[C@H](CC(=O)O)NC(=O)CNC(=O)[C@H](CCCCC(=N)N)NC4=O)[C@@H](NC(C)=O)c4ccccc4)C(C)=C([C@@H](C)C(=O)[C@]12C)C3(C)C. The minimum absolute atomic E-state index is 0.00518. The van der Waals surface area contributed by atoms with Crippen LogP contribution in [0, 0.1) is 28.1 Å². The molecule has 0 radical (unpaired) electrons. The Morgan fingerprint density at radius 1 is 0.775 bits per heavy atom. The second kappa shape index (κ2) is 34.5. The van der Waals surface area contributed by atoms with E-state index in [1.165, 1.54) is 31.8 Å². The normalized spacial score (nSPS) is 28.7. The molecule has 2 heterocycles. The van der Waals surface area contributed by atoms with E-state index in [2.05, 4.69) is 31.9 Å². The molecule has 4 fully saturated rings. The zero-order chi connectivity index (χ0) is 74.4. The van der Waals surface area contributed by atoms with Gasteiger partial charge in [-0.1, -0.05) is 128 Å². The van der Waals surface area contributed by atoms with E-state index in [0.29, 0.717) is 28.7 Å². The number of unbranched alkanes of at least 4 members (excludes halogenated alkanes) is 1. The van der Waals surface area contributed by atoms with Gasteiger partial charge in [-0.3, -0.25) is 53.4 Å². The third kappa shape index (κ3) is 18.6. The predicted octanol–water partition coefficient (Wildman–Crippen LogP) is 4.19. The molecule has 8 rings (SSSR count). The lowest BCUT2D eigenvalue weighted by Gasteiger charge is -2.63. The van der Waals surface area contributed by atoms with Crippen molar-refractivity contribution in [3.8, 4) is 0 Å². The first-order valence-corrected chi connectivity index (χ1v) is 36.4. The second-order valence-corrected chi connectivity index (χ2v) is 30.0. The Bertz CT molecular complexity index is 3660. The van der Waals surface area contributed by atoms with Gasteiger partial charge < -0.3 is 76.3 Å². The van der Waals surface area contributed by atoms with Gasteiger partial charge in [-0.05, 0) is 67.5 Å². The molecule has 3 aliphatic carbocycles. The Morgan fingerprint density at radius 2 is 1.40 bits per heavy atom. The molecule has 2 aliphatic heterocycles. The Morgan fingerprint density at radius 3 is 2.02 bits per heavy atom. The van der Waals surface area contributed by atoms with E-state index in [1.54, 1.807) is 126 Å². The van der Waals surface area contributed by atoms with Crippen molar-refractivity contribution in [1.82, 2.24) is 31.9 Å². The number of carboxylic acid groups (broad SMARTS) is 1. The van der Waals surface area contributed by atoms with Crippen molar-refractivity contribution in [3.05, 3.63) is 119 Å². The number of amides is 6. The number of carboxylic acids is 1. The molecule has 11 N–H and O–H groups in total. The molecule has 0 unspecified atom stereocenters. The zero-order valence-corrected chi connectivity index (χ0v) is 60.0. The molecule has 0 spiro atoms. The highest BCUT2D eigenvalue weighted by Crippen LogP contribution is 2.63. The van der Waals surface area contributed by atoms with Crippen LogP contribution in [-0.4, -0.2) is 185 Å². The molecule has 6 amide bonds. The van der Waals surface area contributed by atoms with E-state index in [0.717, 1.165) is 10.8 Å². The number of carbonyl (C=O) groups is 12. The number of ether oxygens (including phenoxy) is 6. The Balaban J connectivity index is 1.05. The van der Waals surface area contributed by atoms with E-state index >= 15 is 9.59 Å². The summed E-state index contributed by atoms with van der Waals surface area (Å²) in [6.07, 6.45) is -7.44. The molecule has 28 nitrogen and oxygen atoms in total. The molecule has 2 bridgehead atoms. The van der Waals surface area contributed by atoms with E-state index in [9.17, 15) is 58.2 Å². The molecule has 3 aromatic rings. The highest BCUT2D eigenvalue weighted by atomic mass is 33.1. The molecule has 2 saturated carbocycles. The van der Waals surface area contributed by atoms with Gasteiger partial charge in [0.15, 0.2) is 5.60 Å². The van der Waals surface area contributed by atoms with Crippen LogP contribution in [0.1, 0.15) is 140 Å². The van der Waals surface area contributed by atoms with Gasteiger partial charge in [0.2, 0.25) is 41.5 Å². The van der Waals surface area contributed by atoms with Crippen LogP contribution >= 0.6 is 21.6 Å². The van der Waals surface area contributed by atoms with Crippen molar-refractivity contribution in [2.24, 2.45) is 28.4 Å². The largest absolute Gasteiger partial charge is 0.481 e. The summed E-state index contributed by atoms with van der Waals surface area (Å²) in [6.45, 7) is 10.1. The maximum atomic E-state index is 16.0. The van der Waals surface area contributed by atoms with Gasteiger partial charge in [0.1, 0.15) is 54.3 Å². The summed E-state index contributed by atoms with van der Waals surface area (Å²) in [5, 5.41) is 46.5. The molecule has 3 aromatic carbocycles. The molecule has 0 aromatic heterocycles. The number of aliphatic carboxylic acids is 1. The standard InChI is InChI=1S/C72H92N8O20S2/c1-39-50(34-71(94)35-51(98-67(92)45-25-16-11-17-26-45)61-70(7,62(87)40(2)58(39)69(71,5)6)52(95-8)33-53-72(61,38-96-53)100-42(4)82)97-68(93)60(59(76-41(3)81)44-23-14-10-15-24-44)99-57(86)29-20-30-101-102-37-49-66(91)78-46(27-18-19-28-54(73)74)63(88)75-36-55(83)77-48(32-56(84)85)65(90)79-47(64(89)80-49)31-43-21-12-9-13-22-43/h9-17,21-26,40,46-53,59-61,94H,18-20,27-38H2,1-8H3,(H3,73,74)(H,75,88)(H,76,81)(H,77,83)(H,78,91)(H,79,90)(H,80,89)(H,84,85)/t40-,46+,47-,48+,49+,50+,51-,52+,53-,59+,60-,61+,70-,71-,72+/m1/s1. The summed E-state index contributed by atoms with van der Waals surface area (Å²) in [5.74, 6) is -12.8. The number of carbonyl (C=O) groups excluding carboxylic acids is 11. The maximum absolute atomic E-state index is 16.0. The number of esters is 4. The van der Waals surface area contributed by atoms with Crippen LogP contribution in [0.25, 0.3) is 0 Å². The molecule has 2 saturated heterocycles. The van der Waals surface area contributed by atoms with Crippen molar-refractivity contribution in [3.63, 3.8) is 0 Å². The van der Waals surface area contributed by atoms with Crippen LogP contribution in [0.2, 0.25) is 0 Å². The molecule has 15 atom stereocenters. The third-order valence-corrected chi connectivity index (χ3v) is 22.6. The van der Waals surface area contributed by atoms with E-state index in [1.807, 2.05) is 0 Å². The van der Waals surface area contributed by atoms with E-state index < -0.39 is 185 Å². The number of Topliss-reactive ketones (excluding diaryl/α,β-unsaturated/α-hetero) is 1. The van der Waals surface area contributed by atoms with Gasteiger partial charge in [-0.2, -0.15) is 0 Å². The summed E-state index contributed by atoms with van der Waals surface area (Å²) < 4.78 is 37.7. The molecular formula is C72H92N8O20S2.